The molecule has 1 atom stereocenters. The van der Waals surface area contributed by atoms with Crippen LogP contribution in [0.2, 0.25) is 10.0 Å². The lowest BCUT2D eigenvalue weighted by molar-refractivity contribution is -0.140. The molecule has 1 fully saturated rings. The van der Waals surface area contributed by atoms with Crippen LogP contribution in [0.15, 0.2) is 108 Å². The first-order chi connectivity index (χ1) is 22.6. The quantitative estimate of drug-likeness (QED) is 0.167. The highest BCUT2D eigenvalue weighted by atomic mass is 35.5. The molecular weight excluding hydrogens is 660 g/mol. The van der Waals surface area contributed by atoms with Gasteiger partial charge in [0.15, 0.2) is 0 Å². The lowest BCUT2D eigenvalue weighted by Crippen LogP contribution is -2.55. The van der Waals surface area contributed by atoms with Gasteiger partial charge in [0.25, 0.3) is 10.0 Å². The standard InChI is InChI=1S/C36H36Cl2FN3O4S/c37-30-20-12-22-32(35(30)38)42(47(45,46)29-18-8-3-9-19-29)25-34(43)41(24-27-15-10-11-21-31(27)39)33(23-26-13-4-1-5-14-26)36(44)40-28-16-6-2-7-17-28/h1,3-5,8-15,18-22,28,33H,2,6-7,16-17,23-25H2,(H,40,44)/t33-/m0/s1. The number of rotatable bonds is 12. The van der Waals surface area contributed by atoms with Gasteiger partial charge >= 0.3 is 0 Å². The maximum absolute atomic E-state index is 15.1. The van der Waals surface area contributed by atoms with E-state index in [1.54, 1.807) is 30.3 Å². The van der Waals surface area contributed by atoms with E-state index in [9.17, 15) is 18.0 Å². The van der Waals surface area contributed by atoms with E-state index < -0.39 is 34.3 Å². The summed E-state index contributed by atoms with van der Waals surface area (Å²) in [7, 11) is -4.36. The highest BCUT2D eigenvalue weighted by Crippen LogP contribution is 2.35. The van der Waals surface area contributed by atoms with Gasteiger partial charge in [0.2, 0.25) is 11.8 Å². The topological polar surface area (TPSA) is 86.8 Å². The van der Waals surface area contributed by atoms with Crippen LogP contribution in [-0.4, -0.2) is 43.8 Å². The van der Waals surface area contributed by atoms with Gasteiger partial charge in [-0.05, 0) is 48.7 Å². The van der Waals surface area contributed by atoms with Crippen molar-refractivity contribution in [1.82, 2.24) is 10.2 Å². The van der Waals surface area contributed by atoms with Crippen LogP contribution in [0.25, 0.3) is 0 Å². The minimum absolute atomic E-state index is 0.00604. The fourth-order valence-electron chi connectivity index (χ4n) is 5.83. The van der Waals surface area contributed by atoms with Gasteiger partial charge in [-0.3, -0.25) is 13.9 Å². The first-order valence-electron chi connectivity index (χ1n) is 15.5. The summed E-state index contributed by atoms with van der Waals surface area (Å²) in [4.78, 5) is 29.9. The third kappa shape index (κ3) is 8.52. The number of sulfonamides is 1. The zero-order valence-corrected chi connectivity index (χ0v) is 28.0. The van der Waals surface area contributed by atoms with Gasteiger partial charge in [-0.15, -0.1) is 0 Å². The van der Waals surface area contributed by atoms with E-state index in [1.807, 2.05) is 30.3 Å². The molecule has 0 bridgehead atoms. The third-order valence-electron chi connectivity index (χ3n) is 8.33. The Bertz CT molecular complexity index is 1790. The number of carbonyl (C=O) groups is 2. The van der Waals surface area contributed by atoms with Crippen LogP contribution in [-0.2, 0) is 32.6 Å². The molecule has 11 heteroatoms. The van der Waals surface area contributed by atoms with Crippen LogP contribution in [0.1, 0.15) is 43.2 Å². The van der Waals surface area contributed by atoms with Gasteiger partial charge in [-0.1, -0.05) is 115 Å². The number of nitrogens with one attached hydrogen (secondary N) is 1. The molecule has 4 aromatic rings. The predicted octanol–water partition coefficient (Wildman–Crippen LogP) is 7.42. The van der Waals surface area contributed by atoms with Crippen LogP contribution < -0.4 is 9.62 Å². The lowest BCUT2D eigenvalue weighted by atomic mass is 9.94. The SMILES string of the molecule is O=C(NC1CCCCC1)[C@H](Cc1ccccc1)N(Cc1ccccc1F)C(=O)CN(c1cccc(Cl)c1Cl)S(=O)(=O)c1ccccc1. The van der Waals surface area contributed by atoms with Gasteiger partial charge in [0, 0.05) is 24.6 Å². The van der Waals surface area contributed by atoms with E-state index in [-0.39, 0.29) is 51.1 Å². The predicted molar refractivity (Wildman–Crippen MR) is 183 cm³/mol. The number of anilines is 1. The van der Waals surface area contributed by atoms with Crippen molar-refractivity contribution < 1.29 is 22.4 Å². The number of benzene rings is 4. The Morgan fingerprint density at radius 3 is 2.15 bits per heavy atom. The smallest absolute Gasteiger partial charge is 0.264 e. The molecule has 7 nitrogen and oxygen atoms in total. The molecule has 1 aliphatic rings. The zero-order chi connectivity index (χ0) is 33.4. The Hall–Kier alpha value is -3.92. The molecule has 47 heavy (non-hydrogen) atoms. The van der Waals surface area contributed by atoms with Gasteiger partial charge in [0.05, 0.1) is 20.6 Å². The van der Waals surface area contributed by atoms with Gasteiger partial charge < -0.3 is 10.2 Å². The number of hydrogen-bond acceptors (Lipinski definition) is 4. The van der Waals surface area contributed by atoms with Gasteiger partial charge in [-0.25, -0.2) is 12.8 Å². The first kappa shape index (κ1) is 34.4. The second-order valence-electron chi connectivity index (χ2n) is 11.6. The molecule has 0 heterocycles. The highest BCUT2D eigenvalue weighted by molar-refractivity contribution is 7.92. The molecule has 5 rings (SSSR count). The molecular formula is C36H36Cl2FN3O4S. The van der Waals surface area contributed by atoms with E-state index in [4.69, 9.17) is 23.2 Å². The minimum atomic E-state index is -4.36. The van der Waals surface area contributed by atoms with E-state index in [2.05, 4.69) is 5.32 Å². The van der Waals surface area contributed by atoms with Crippen molar-refractivity contribution in [2.75, 3.05) is 10.8 Å². The van der Waals surface area contributed by atoms with Crippen molar-refractivity contribution in [2.45, 2.75) is 62.0 Å². The first-order valence-corrected chi connectivity index (χ1v) is 17.7. The molecule has 0 aliphatic heterocycles. The number of halogens is 3. The fraction of sp³-hybridized carbons (Fsp3) is 0.278. The molecule has 2 amide bonds. The largest absolute Gasteiger partial charge is 0.352 e. The van der Waals surface area contributed by atoms with Crippen molar-refractivity contribution in [3.63, 3.8) is 0 Å². The number of carbonyl (C=O) groups excluding carboxylic acids is 2. The highest BCUT2D eigenvalue weighted by Gasteiger charge is 2.36. The molecule has 246 valence electrons. The zero-order valence-electron chi connectivity index (χ0n) is 25.7. The van der Waals surface area contributed by atoms with Crippen molar-refractivity contribution in [1.29, 1.82) is 0 Å². The molecule has 0 spiro atoms. The Morgan fingerprint density at radius 1 is 0.830 bits per heavy atom. The molecule has 4 aromatic carbocycles. The summed E-state index contributed by atoms with van der Waals surface area (Å²) in [5.41, 5.74) is 0.963. The Balaban J connectivity index is 1.59. The Kier molecular flexibility index (Phi) is 11.6. The molecule has 1 saturated carbocycles. The summed E-state index contributed by atoms with van der Waals surface area (Å²) < 4.78 is 44.3. The average Bonchev–Trinajstić information content (AvgIpc) is 3.08. The van der Waals surface area contributed by atoms with Crippen molar-refractivity contribution >= 4 is 50.7 Å². The van der Waals surface area contributed by atoms with Gasteiger partial charge in [-0.2, -0.15) is 0 Å². The molecule has 1 N–H and O–H groups in total. The maximum Gasteiger partial charge on any atom is 0.264 e. The lowest BCUT2D eigenvalue weighted by Gasteiger charge is -2.35. The second kappa shape index (κ2) is 15.8. The normalized spacial score (nSPS) is 14.3. The van der Waals surface area contributed by atoms with Crippen LogP contribution in [0.3, 0.4) is 0 Å². The van der Waals surface area contributed by atoms with Crippen LogP contribution in [0.5, 0.6) is 0 Å². The number of amides is 2. The second-order valence-corrected chi connectivity index (χ2v) is 14.2. The fourth-order valence-corrected chi connectivity index (χ4v) is 7.72. The summed E-state index contributed by atoms with van der Waals surface area (Å²) in [6, 6.07) is 26.3. The van der Waals surface area contributed by atoms with Crippen LogP contribution >= 0.6 is 23.2 Å². The average molecular weight is 697 g/mol. The Morgan fingerprint density at radius 2 is 1.47 bits per heavy atom. The monoisotopic (exact) mass is 695 g/mol. The molecule has 0 radical (unpaired) electrons. The molecule has 1 aliphatic carbocycles. The summed E-state index contributed by atoms with van der Waals surface area (Å²) in [5.74, 6) is -1.66. The van der Waals surface area contributed by atoms with E-state index in [0.717, 1.165) is 42.0 Å². The van der Waals surface area contributed by atoms with Crippen molar-refractivity contribution in [3.8, 4) is 0 Å². The van der Waals surface area contributed by atoms with Gasteiger partial charge in [0.1, 0.15) is 18.4 Å². The molecule has 0 aromatic heterocycles. The third-order valence-corrected chi connectivity index (χ3v) is 10.9. The summed E-state index contributed by atoms with van der Waals surface area (Å²) in [5, 5.41) is 3.18. The van der Waals surface area contributed by atoms with E-state index in [1.165, 1.54) is 47.4 Å². The number of nitrogens with zero attached hydrogens (tertiary/aromatic N) is 2. The molecule has 0 unspecified atom stereocenters. The minimum Gasteiger partial charge on any atom is -0.352 e. The van der Waals surface area contributed by atoms with E-state index in [0.29, 0.717) is 0 Å². The summed E-state index contributed by atoms with van der Waals surface area (Å²) in [6.07, 6.45) is 4.83. The maximum atomic E-state index is 15.1. The summed E-state index contributed by atoms with van der Waals surface area (Å²) >= 11 is 12.9. The molecule has 0 saturated heterocycles. The van der Waals surface area contributed by atoms with Crippen molar-refractivity contribution in [3.05, 3.63) is 130 Å². The van der Waals surface area contributed by atoms with Crippen LogP contribution in [0.4, 0.5) is 10.1 Å². The number of hydrogen-bond donors (Lipinski definition) is 1. The van der Waals surface area contributed by atoms with E-state index >= 15 is 4.39 Å². The Labute approximate surface area is 285 Å². The van der Waals surface area contributed by atoms with Crippen LogP contribution in [0, 0.1) is 5.82 Å². The summed E-state index contributed by atoms with van der Waals surface area (Å²) in [6.45, 7) is -1.00. The van der Waals surface area contributed by atoms with Crippen molar-refractivity contribution in [2.24, 2.45) is 0 Å².